The molecule has 1 N–H and O–H groups in total. The number of rotatable bonds is 3. The standard InChI is InChI=1S/C20H21N7O2S/c1-25-18-13(11-23-25)19(22-12-21-18)27-8-6-26(7-9-27)17(28)10-16-20(29)24-14-4-2-3-5-15(14)30-16/h2-5,11-12,16H,6-10H2,1H3,(H,24,29). The van der Waals surface area contributed by atoms with Crippen LogP contribution in [0.15, 0.2) is 41.7 Å². The van der Waals surface area contributed by atoms with Crippen LogP contribution in [-0.4, -0.2) is 67.9 Å². The Morgan fingerprint density at radius 2 is 2.00 bits per heavy atom. The molecule has 4 heterocycles. The van der Waals surface area contributed by atoms with E-state index in [1.54, 1.807) is 17.2 Å². The fraction of sp³-hybridized carbons (Fsp3) is 0.350. The number of piperazine rings is 1. The lowest BCUT2D eigenvalue weighted by atomic mass is 10.2. The van der Waals surface area contributed by atoms with Gasteiger partial charge in [0.05, 0.1) is 22.5 Å². The zero-order valence-electron chi connectivity index (χ0n) is 16.5. The van der Waals surface area contributed by atoms with Crippen LogP contribution in [-0.2, 0) is 16.6 Å². The minimum atomic E-state index is -0.401. The molecular formula is C20H21N7O2S. The van der Waals surface area contributed by atoms with Gasteiger partial charge in [0.2, 0.25) is 11.8 Å². The minimum Gasteiger partial charge on any atom is -0.352 e. The Kier molecular flexibility index (Phi) is 4.78. The number of carbonyl (C=O) groups excluding carboxylic acids is 2. The normalized spacial score (nSPS) is 19.0. The summed E-state index contributed by atoms with van der Waals surface area (Å²) >= 11 is 1.46. The number of para-hydroxylation sites is 1. The first-order valence-electron chi connectivity index (χ1n) is 9.82. The third kappa shape index (κ3) is 3.36. The van der Waals surface area contributed by atoms with E-state index in [2.05, 4.69) is 25.3 Å². The number of fused-ring (bicyclic) bond motifs is 2. The van der Waals surface area contributed by atoms with Crippen LogP contribution in [0, 0.1) is 0 Å². The van der Waals surface area contributed by atoms with Crippen molar-refractivity contribution in [2.75, 3.05) is 36.4 Å². The molecule has 1 aromatic carbocycles. The van der Waals surface area contributed by atoms with E-state index in [0.717, 1.165) is 27.4 Å². The highest BCUT2D eigenvalue weighted by molar-refractivity contribution is 8.01. The summed E-state index contributed by atoms with van der Waals surface area (Å²) in [7, 11) is 1.85. The molecule has 0 saturated carbocycles. The molecule has 2 aliphatic heterocycles. The second-order valence-electron chi connectivity index (χ2n) is 7.37. The fourth-order valence-corrected chi connectivity index (χ4v) is 4.99. The number of anilines is 2. The van der Waals surface area contributed by atoms with Gasteiger partial charge in [-0.1, -0.05) is 12.1 Å². The molecule has 1 unspecified atom stereocenters. The number of nitrogens with one attached hydrogen (secondary N) is 1. The van der Waals surface area contributed by atoms with Gasteiger partial charge in [0.25, 0.3) is 0 Å². The van der Waals surface area contributed by atoms with E-state index in [0.29, 0.717) is 26.2 Å². The van der Waals surface area contributed by atoms with Crippen molar-refractivity contribution in [3.63, 3.8) is 0 Å². The molecule has 2 aliphatic rings. The third-order valence-electron chi connectivity index (χ3n) is 5.51. The molecule has 1 fully saturated rings. The maximum absolute atomic E-state index is 12.9. The number of aromatic nitrogens is 4. The lowest BCUT2D eigenvalue weighted by Crippen LogP contribution is -2.50. The van der Waals surface area contributed by atoms with Gasteiger partial charge in [0, 0.05) is 44.5 Å². The van der Waals surface area contributed by atoms with Crippen molar-refractivity contribution in [3.05, 3.63) is 36.8 Å². The van der Waals surface area contributed by atoms with Crippen LogP contribution >= 0.6 is 11.8 Å². The molecule has 3 aromatic rings. The Hall–Kier alpha value is -3.14. The molecule has 30 heavy (non-hydrogen) atoms. The van der Waals surface area contributed by atoms with Gasteiger partial charge >= 0.3 is 0 Å². The Bertz CT molecular complexity index is 1120. The monoisotopic (exact) mass is 423 g/mol. The lowest BCUT2D eigenvalue weighted by molar-refractivity contribution is -0.132. The number of aryl methyl sites for hydroxylation is 1. The van der Waals surface area contributed by atoms with E-state index in [9.17, 15) is 9.59 Å². The van der Waals surface area contributed by atoms with Crippen molar-refractivity contribution >= 4 is 46.1 Å². The van der Waals surface area contributed by atoms with E-state index in [4.69, 9.17) is 0 Å². The molecule has 1 saturated heterocycles. The summed E-state index contributed by atoms with van der Waals surface area (Å²) < 4.78 is 1.73. The largest absolute Gasteiger partial charge is 0.352 e. The topological polar surface area (TPSA) is 96.2 Å². The van der Waals surface area contributed by atoms with Gasteiger partial charge in [0.15, 0.2) is 5.65 Å². The summed E-state index contributed by atoms with van der Waals surface area (Å²) in [5.74, 6) is 0.751. The molecule has 0 radical (unpaired) electrons. The summed E-state index contributed by atoms with van der Waals surface area (Å²) in [6, 6.07) is 7.68. The summed E-state index contributed by atoms with van der Waals surface area (Å²) in [5.41, 5.74) is 1.61. The van der Waals surface area contributed by atoms with Crippen LogP contribution in [0.2, 0.25) is 0 Å². The van der Waals surface area contributed by atoms with Crippen molar-refractivity contribution in [1.82, 2.24) is 24.6 Å². The first kappa shape index (κ1) is 18.9. The summed E-state index contributed by atoms with van der Waals surface area (Å²) in [6.45, 7) is 2.56. The fourth-order valence-electron chi connectivity index (χ4n) is 3.88. The van der Waals surface area contributed by atoms with Crippen molar-refractivity contribution < 1.29 is 9.59 Å². The predicted octanol–water partition coefficient (Wildman–Crippen LogP) is 1.51. The maximum Gasteiger partial charge on any atom is 0.238 e. The van der Waals surface area contributed by atoms with Crippen molar-refractivity contribution in [2.24, 2.45) is 7.05 Å². The summed E-state index contributed by atoms with van der Waals surface area (Å²) in [6.07, 6.45) is 3.53. The zero-order chi connectivity index (χ0) is 20.7. The van der Waals surface area contributed by atoms with E-state index in [-0.39, 0.29) is 18.2 Å². The van der Waals surface area contributed by atoms with Crippen LogP contribution in [0.1, 0.15) is 6.42 Å². The number of thioether (sulfide) groups is 1. The Labute approximate surface area is 177 Å². The van der Waals surface area contributed by atoms with Gasteiger partial charge in [-0.3, -0.25) is 14.3 Å². The minimum absolute atomic E-state index is 0.0101. The zero-order valence-corrected chi connectivity index (χ0v) is 17.3. The van der Waals surface area contributed by atoms with E-state index in [1.165, 1.54) is 11.8 Å². The smallest absolute Gasteiger partial charge is 0.238 e. The second kappa shape index (κ2) is 7.60. The Morgan fingerprint density at radius 3 is 2.83 bits per heavy atom. The number of hydrogen-bond acceptors (Lipinski definition) is 7. The van der Waals surface area contributed by atoms with Gasteiger partial charge in [-0.15, -0.1) is 11.8 Å². The molecule has 0 spiro atoms. The van der Waals surface area contributed by atoms with Gasteiger partial charge in [-0.25, -0.2) is 9.97 Å². The molecule has 154 valence electrons. The van der Waals surface area contributed by atoms with Crippen LogP contribution in [0.3, 0.4) is 0 Å². The van der Waals surface area contributed by atoms with E-state index >= 15 is 0 Å². The third-order valence-corrected chi connectivity index (χ3v) is 6.78. The van der Waals surface area contributed by atoms with Crippen LogP contribution < -0.4 is 10.2 Å². The highest BCUT2D eigenvalue weighted by Gasteiger charge is 2.31. The molecular weight excluding hydrogens is 402 g/mol. The van der Waals surface area contributed by atoms with Crippen molar-refractivity contribution in [1.29, 1.82) is 0 Å². The maximum atomic E-state index is 12.9. The first-order chi connectivity index (χ1) is 14.6. The summed E-state index contributed by atoms with van der Waals surface area (Å²) in [4.78, 5) is 39.0. The highest BCUT2D eigenvalue weighted by Crippen LogP contribution is 2.36. The molecule has 5 rings (SSSR count). The number of carbonyl (C=O) groups is 2. The van der Waals surface area contributed by atoms with Crippen molar-refractivity contribution in [3.8, 4) is 0 Å². The molecule has 9 nitrogen and oxygen atoms in total. The molecule has 2 aromatic heterocycles. The first-order valence-corrected chi connectivity index (χ1v) is 10.7. The highest BCUT2D eigenvalue weighted by atomic mass is 32.2. The number of nitrogens with zero attached hydrogens (tertiary/aromatic N) is 6. The van der Waals surface area contributed by atoms with Crippen LogP contribution in [0.5, 0.6) is 0 Å². The van der Waals surface area contributed by atoms with Crippen LogP contribution in [0.25, 0.3) is 11.0 Å². The predicted molar refractivity (Wildman–Crippen MR) is 114 cm³/mol. The Morgan fingerprint density at radius 1 is 1.20 bits per heavy atom. The van der Waals surface area contributed by atoms with Gasteiger partial charge in [-0.2, -0.15) is 5.10 Å². The number of amides is 2. The quantitative estimate of drug-likeness (QED) is 0.682. The van der Waals surface area contributed by atoms with Crippen LogP contribution in [0.4, 0.5) is 11.5 Å². The SMILES string of the molecule is Cn1ncc2c(N3CCN(C(=O)CC4Sc5ccccc5NC4=O)CC3)ncnc21. The van der Waals surface area contributed by atoms with Crippen molar-refractivity contribution in [2.45, 2.75) is 16.6 Å². The molecule has 0 aliphatic carbocycles. The molecule has 2 amide bonds. The average Bonchev–Trinajstić information content (AvgIpc) is 3.15. The van der Waals surface area contributed by atoms with E-state index in [1.807, 2.05) is 36.2 Å². The van der Waals surface area contributed by atoms with Gasteiger partial charge < -0.3 is 15.1 Å². The lowest BCUT2D eigenvalue weighted by Gasteiger charge is -2.36. The van der Waals surface area contributed by atoms with Gasteiger partial charge in [-0.05, 0) is 12.1 Å². The summed E-state index contributed by atoms with van der Waals surface area (Å²) in [5, 5.41) is 7.68. The number of benzene rings is 1. The average molecular weight is 424 g/mol. The molecule has 1 atom stereocenters. The van der Waals surface area contributed by atoms with E-state index < -0.39 is 5.25 Å². The molecule has 0 bridgehead atoms. The molecule has 10 heteroatoms. The van der Waals surface area contributed by atoms with Gasteiger partial charge in [0.1, 0.15) is 12.1 Å². The second-order valence-corrected chi connectivity index (χ2v) is 8.61. The Balaban J connectivity index is 1.22. The number of hydrogen-bond donors (Lipinski definition) is 1.